The number of hydrogen-bond donors (Lipinski definition) is 1. The van der Waals surface area contributed by atoms with Gasteiger partial charge in [-0.1, -0.05) is 18.5 Å². The normalized spacial score (nSPS) is 12.5. The monoisotopic (exact) mass is 337 g/mol. The van der Waals surface area contributed by atoms with Crippen molar-refractivity contribution in [3.8, 4) is 5.75 Å². The quantitative estimate of drug-likeness (QED) is 0.588. The maximum Gasteiger partial charge on any atom is 0.145 e. The molecule has 2 nitrogen and oxygen atoms in total. The Balaban J connectivity index is 2.48. The van der Waals surface area contributed by atoms with Gasteiger partial charge in [-0.15, -0.1) is 0 Å². The first-order chi connectivity index (χ1) is 8.54. The van der Waals surface area contributed by atoms with Gasteiger partial charge in [0, 0.05) is 6.07 Å². The Labute approximate surface area is 121 Å². The van der Waals surface area contributed by atoms with Crippen LogP contribution in [0.4, 0.5) is 4.39 Å². The lowest BCUT2D eigenvalue weighted by molar-refractivity contribution is 0.205. The maximum absolute atomic E-state index is 13.3. The van der Waals surface area contributed by atoms with E-state index in [1.165, 1.54) is 12.1 Å². The van der Waals surface area contributed by atoms with Crippen LogP contribution in [0.5, 0.6) is 5.75 Å². The summed E-state index contributed by atoms with van der Waals surface area (Å²) in [5.41, 5.74) is 0. The van der Waals surface area contributed by atoms with Gasteiger partial charge in [-0.05, 0) is 54.9 Å². The van der Waals surface area contributed by atoms with E-state index in [1.54, 1.807) is 0 Å². The van der Waals surface area contributed by atoms with Crippen molar-refractivity contribution in [2.24, 2.45) is 0 Å². The molecule has 1 N–H and O–H groups in total. The molecule has 1 atom stereocenters. The lowest BCUT2D eigenvalue weighted by Crippen LogP contribution is -2.18. The number of hydrogen-bond acceptors (Lipinski definition) is 2. The predicted molar refractivity (Wildman–Crippen MR) is 77.0 cm³/mol. The fourth-order valence-electron chi connectivity index (χ4n) is 1.56. The van der Waals surface area contributed by atoms with Crippen LogP contribution in [0.2, 0.25) is 5.02 Å². The third-order valence-corrected chi connectivity index (χ3v) is 3.43. The summed E-state index contributed by atoms with van der Waals surface area (Å²) < 4.78 is 19.7. The van der Waals surface area contributed by atoms with Gasteiger partial charge in [-0.2, -0.15) is 0 Å². The molecule has 0 heterocycles. The molecule has 102 valence electrons. The lowest BCUT2D eigenvalue weighted by Gasteiger charge is -2.16. The third-order valence-electron chi connectivity index (χ3n) is 2.52. The molecule has 1 unspecified atom stereocenters. The molecule has 0 aliphatic heterocycles. The van der Waals surface area contributed by atoms with Crippen molar-refractivity contribution in [3.05, 3.63) is 27.4 Å². The Morgan fingerprint density at radius 2 is 2.22 bits per heavy atom. The standard InChI is InChI=1S/C13H18BrClFNO/c1-3-17-6-4-5-9(2)18-13-8-12(16)11(15)7-10(13)14/h7-9,17H,3-6H2,1-2H3. The van der Waals surface area contributed by atoms with Crippen LogP contribution in [0.3, 0.4) is 0 Å². The van der Waals surface area contributed by atoms with Crippen LogP contribution in [-0.2, 0) is 0 Å². The SMILES string of the molecule is CCNCCCC(C)Oc1cc(F)c(Cl)cc1Br. The Morgan fingerprint density at radius 3 is 2.89 bits per heavy atom. The second kappa shape index (κ2) is 7.97. The highest BCUT2D eigenvalue weighted by atomic mass is 79.9. The lowest BCUT2D eigenvalue weighted by atomic mass is 10.2. The van der Waals surface area contributed by atoms with E-state index >= 15 is 0 Å². The number of ether oxygens (including phenoxy) is 1. The molecule has 0 saturated carbocycles. The Hall–Kier alpha value is -0.320. The largest absolute Gasteiger partial charge is 0.489 e. The Bertz CT molecular complexity index is 389. The molecular formula is C13H18BrClFNO. The Kier molecular flexibility index (Phi) is 6.97. The summed E-state index contributed by atoms with van der Waals surface area (Å²) in [6, 6.07) is 2.82. The first kappa shape index (κ1) is 15.7. The third kappa shape index (κ3) is 5.12. The van der Waals surface area contributed by atoms with Gasteiger partial charge in [0.05, 0.1) is 15.6 Å². The summed E-state index contributed by atoms with van der Waals surface area (Å²) in [5.74, 6) is 0.0302. The number of nitrogens with one attached hydrogen (secondary N) is 1. The highest BCUT2D eigenvalue weighted by Crippen LogP contribution is 2.31. The van der Waals surface area contributed by atoms with Crippen LogP contribution >= 0.6 is 27.5 Å². The molecule has 0 spiro atoms. The minimum atomic E-state index is -0.463. The van der Waals surface area contributed by atoms with E-state index < -0.39 is 5.82 Å². The van der Waals surface area contributed by atoms with E-state index in [4.69, 9.17) is 16.3 Å². The zero-order valence-electron chi connectivity index (χ0n) is 10.6. The van der Waals surface area contributed by atoms with Crippen molar-refractivity contribution in [2.75, 3.05) is 13.1 Å². The molecule has 0 fully saturated rings. The zero-order chi connectivity index (χ0) is 13.5. The van der Waals surface area contributed by atoms with Crippen molar-refractivity contribution in [1.29, 1.82) is 0 Å². The molecule has 0 radical (unpaired) electrons. The molecule has 5 heteroatoms. The van der Waals surface area contributed by atoms with Crippen LogP contribution in [-0.4, -0.2) is 19.2 Å². The molecule has 1 rings (SSSR count). The van der Waals surface area contributed by atoms with E-state index in [9.17, 15) is 4.39 Å². The van der Waals surface area contributed by atoms with E-state index in [0.717, 1.165) is 25.9 Å². The first-order valence-electron chi connectivity index (χ1n) is 6.06. The van der Waals surface area contributed by atoms with E-state index in [2.05, 4.69) is 28.2 Å². The summed E-state index contributed by atoms with van der Waals surface area (Å²) in [6.07, 6.45) is 1.99. The predicted octanol–water partition coefficient (Wildman–Crippen LogP) is 4.40. The van der Waals surface area contributed by atoms with Crippen molar-refractivity contribution < 1.29 is 9.13 Å². The summed E-state index contributed by atoms with van der Waals surface area (Å²) in [5, 5.41) is 3.34. The van der Waals surface area contributed by atoms with Gasteiger partial charge < -0.3 is 10.1 Å². The van der Waals surface area contributed by atoms with Crippen molar-refractivity contribution in [2.45, 2.75) is 32.8 Å². The van der Waals surface area contributed by atoms with Crippen LogP contribution < -0.4 is 10.1 Å². The summed E-state index contributed by atoms with van der Waals surface area (Å²) in [7, 11) is 0. The van der Waals surface area contributed by atoms with E-state index in [0.29, 0.717) is 10.2 Å². The van der Waals surface area contributed by atoms with Gasteiger partial charge in [-0.3, -0.25) is 0 Å². The van der Waals surface area contributed by atoms with Gasteiger partial charge in [-0.25, -0.2) is 4.39 Å². The molecule has 0 aliphatic carbocycles. The average molecular weight is 339 g/mol. The van der Waals surface area contributed by atoms with Gasteiger partial charge >= 0.3 is 0 Å². The minimum absolute atomic E-state index is 0.0422. The van der Waals surface area contributed by atoms with E-state index in [1.807, 2.05) is 6.92 Å². The molecule has 18 heavy (non-hydrogen) atoms. The van der Waals surface area contributed by atoms with Gasteiger partial charge in [0.1, 0.15) is 11.6 Å². The number of halogens is 3. The highest BCUT2D eigenvalue weighted by molar-refractivity contribution is 9.10. The van der Waals surface area contributed by atoms with Gasteiger partial charge in [0.15, 0.2) is 0 Å². The van der Waals surface area contributed by atoms with Crippen molar-refractivity contribution >= 4 is 27.5 Å². The number of benzene rings is 1. The van der Waals surface area contributed by atoms with Crippen LogP contribution in [0.1, 0.15) is 26.7 Å². The molecule has 0 aliphatic rings. The fraction of sp³-hybridized carbons (Fsp3) is 0.538. The summed E-state index contributed by atoms with van der Waals surface area (Å²) in [6.45, 7) is 6.00. The maximum atomic E-state index is 13.3. The second-order valence-electron chi connectivity index (χ2n) is 4.12. The highest BCUT2D eigenvalue weighted by Gasteiger charge is 2.11. The molecule has 0 bridgehead atoms. The zero-order valence-corrected chi connectivity index (χ0v) is 12.9. The van der Waals surface area contributed by atoms with E-state index in [-0.39, 0.29) is 11.1 Å². The van der Waals surface area contributed by atoms with Crippen LogP contribution in [0, 0.1) is 5.82 Å². The number of rotatable bonds is 7. The molecule has 1 aromatic carbocycles. The molecule has 0 saturated heterocycles. The molecule has 0 aromatic heterocycles. The van der Waals surface area contributed by atoms with Crippen molar-refractivity contribution in [1.82, 2.24) is 5.32 Å². The summed E-state index contributed by atoms with van der Waals surface area (Å²) in [4.78, 5) is 0. The van der Waals surface area contributed by atoms with Gasteiger partial charge in [0.2, 0.25) is 0 Å². The first-order valence-corrected chi connectivity index (χ1v) is 7.23. The molecule has 1 aromatic rings. The minimum Gasteiger partial charge on any atom is -0.489 e. The smallest absolute Gasteiger partial charge is 0.145 e. The summed E-state index contributed by atoms with van der Waals surface area (Å²) >= 11 is 8.99. The Morgan fingerprint density at radius 1 is 1.50 bits per heavy atom. The van der Waals surface area contributed by atoms with Crippen LogP contribution in [0.15, 0.2) is 16.6 Å². The second-order valence-corrected chi connectivity index (χ2v) is 5.38. The molecular weight excluding hydrogens is 321 g/mol. The van der Waals surface area contributed by atoms with Gasteiger partial charge in [0.25, 0.3) is 0 Å². The van der Waals surface area contributed by atoms with Crippen LogP contribution in [0.25, 0.3) is 0 Å². The average Bonchev–Trinajstić information content (AvgIpc) is 2.32. The van der Waals surface area contributed by atoms with Crippen molar-refractivity contribution in [3.63, 3.8) is 0 Å². The molecule has 0 amide bonds. The topological polar surface area (TPSA) is 21.3 Å². The fourth-order valence-corrected chi connectivity index (χ4v) is 2.29.